The van der Waals surface area contributed by atoms with Gasteiger partial charge in [-0.1, -0.05) is 11.3 Å². The number of benzene rings is 1. The van der Waals surface area contributed by atoms with Crippen LogP contribution in [0.1, 0.15) is 33.1 Å². The van der Waals surface area contributed by atoms with E-state index in [2.05, 4.69) is 24.4 Å². The number of hydrogen-bond donors (Lipinski definition) is 1. The molecule has 0 spiro atoms. The van der Waals surface area contributed by atoms with Gasteiger partial charge in [-0.05, 0) is 31.5 Å². The summed E-state index contributed by atoms with van der Waals surface area (Å²) < 4.78 is 20.5. The molecule has 0 aliphatic heterocycles. The number of carbonyl (C=O) groups excluding carboxylic acids is 1. The number of hydrogen-bond acceptors (Lipinski definition) is 8. The van der Waals surface area contributed by atoms with Crippen molar-refractivity contribution in [3.05, 3.63) is 46.5 Å². The van der Waals surface area contributed by atoms with E-state index in [0.717, 1.165) is 28.7 Å². The van der Waals surface area contributed by atoms with Crippen molar-refractivity contribution in [3.63, 3.8) is 0 Å². The molecule has 10 heteroatoms. The molecule has 0 saturated heterocycles. The van der Waals surface area contributed by atoms with Crippen molar-refractivity contribution in [2.24, 2.45) is 0 Å². The molecule has 2 aromatic heterocycles. The van der Waals surface area contributed by atoms with E-state index in [-0.39, 0.29) is 11.6 Å². The lowest BCUT2D eigenvalue weighted by molar-refractivity contribution is 0.0945. The Balaban J connectivity index is 1.67. The Bertz CT molecular complexity index is 952. The van der Waals surface area contributed by atoms with E-state index in [0.29, 0.717) is 30.3 Å². The lowest BCUT2D eigenvalue weighted by Gasteiger charge is -2.10. The van der Waals surface area contributed by atoms with Crippen molar-refractivity contribution < 1.29 is 14.3 Å². The minimum Gasteiger partial charge on any atom is -0.493 e. The average molecular weight is 388 g/mol. The molecule has 1 aromatic carbocycles. The third-order valence-electron chi connectivity index (χ3n) is 4.14. The van der Waals surface area contributed by atoms with Gasteiger partial charge in [-0.25, -0.2) is 4.68 Å². The topological polar surface area (TPSA) is 104 Å². The van der Waals surface area contributed by atoms with Crippen LogP contribution in [-0.4, -0.2) is 43.9 Å². The zero-order valence-electron chi connectivity index (χ0n) is 15.5. The summed E-state index contributed by atoms with van der Waals surface area (Å²) >= 11 is 1.16. The number of aromatic nitrogens is 5. The fourth-order valence-corrected chi connectivity index (χ4v) is 3.07. The Morgan fingerprint density at radius 2 is 1.96 bits per heavy atom. The SMILES string of the molecule is COc1ccc(CNC(=O)c2nnn(Cc3nsnc3C)c2C)cc1OC. The van der Waals surface area contributed by atoms with Gasteiger partial charge in [0.2, 0.25) is 0 Å². The largest absolute Gasteiger partial charge is 0.493 e. The van der Waals surface area contributed by atoms with Crippen molar-refractivity contribution in [2.45, 2.75) is 26.9 Å². The van der Waals surface area contributed by atoms with Crippen LogP contribution in [0.2, 0.25) is 0 Å². The number of aryl methyl sites for hydroxylation is 1. The van der Waals surface area contributed by atoms with Gasteiger partial charge in [0.15, 0.2) is 17.2 Å². The molecule has 0 fully saturated rings. The van der Waals surface area contributed by atoms with E-state index in [9.17, 15) is 4.79 Å². The summed E-state index contributed by atoms with van der Waals surface area (Å²) in [5, 5.41) is 10.9. The Morgan fingerprint density at radius 3 is 2.63 bits per heavy atom. The van der Waals surface area contributed by atoms with E-state index in [1.165, 1.54) is 0 Å². The monoisotopic (exact) mass is 388 g/mol. The summed E-state index contributed by atoms with van der Waals surface area (Å²) in [6.45, 7) is 4.47. The zero-order chi connectivity index (χ0) is 19.4. The van der Waals surface area contributed by atoms with Gasteiger partial charge in [0, 0.05) is 6.54 Å². The molecule has 27 heavy (non-hydrogen) atoms. The highest BCUT2D eigenvalue weighted by molar-refractivity contribution is 6.99. The maximum absolute atomic E-state index is 12.5. The number of methoxy groups -OCH3 is 2. The van der Waals surface area contributed by atoms with Crippen LogP contribution < -0.4 is 14.8 Å². The molecule has 3 aromatic rings. The Morgan fingerprint density at radius 1 is 1.19 bits per heavy atom. The minimum atomic E-state index is -0.290. The van der Waals surface area contributed by atoms with Crippen molar-refractivity contribution in [3.8, 4) is 11.5 Å². The molecule has 0 aliphatic rings. The summed E-state index contributed by atoms with van der Waals surface area (Å²) in [5.74, 6) is 0.957. The van der Waals surface area contributed by atoms with Gasteiger partial charge in [0.1, 0.15) is 0 Å². The summed E-state index contributed by atoms with van der Waals surface area (Å²) in [5.41, 5.74) is 3.53. The molecule has 0 bridgehead atoms. The highest BCUT2D eigenvalue weighted by atomic mass is 32.1. The van der Waals surface area contributed by atoms with Crippen LogP contribution in [-0.2, 0) is 13.1 Å². The number of amides is 1. The van der Waals surface area contributed by atoms with Gasteiger partial charge in [0.25, 0.3) is 5.91 Å². The normalized spacial score (nSPS) is 10.7. The van der Waals surface area contributed by atoms with E-state index in [1.54, 1.807) is 31.9 Å². The van der Waals surface area contributed by atoms with Gasteiger partial charge in [-0.15, -0.1) is 5.10 Å². The lowest BCUT2D eigenvalue weighted by Crippen LogP contribution is -2.24. The molecular weight excluding hydrogens is 368 g/mol. The Kier molecular flexibility index (Phi) is 5.65. The third-order valence-corrected chi connectivity index (χ3v) is 4.80. The Hall–Kier alpha value is -3.01. The quantitative estimate of drug-likeness (QED) is 0.657. The predicted octanol–water partition coefficient (Wildman–Crippen LogP) is 1.74. The summed E-state index contributed by atoms with van der Waals surface area (Å²) in [6, 6.07) is 5.48. The number of nitrogens with one attached hydrogen (secondary N) is 1. The van der Waals surface area contributed by atoms with Gasteiger partial charge in [-0.3, -0.25) is 4.79 Å². The number of rotatable bonds is 7. The predicted molar refractivity (Wildman–Crippen MR) is 99.2 cm³/mol. The van der Waals surface area contributed by atoms with Crippen LogP contribution in [0.3, 0.4) is 0 Å². The number of nitrogens with zero attached hydrogens (tertiary/aromatic N) is 5. The summed E-state index contributed by atoms with van der Waals surface area (Å²) in [6.07, 6.45) is 0. The molecule has 142 valence electrons. The van der Waals surface area contributed by atoms with Crippen molar-refractivity contribution >= 4 is 17.6 Å². The van der Waals surface area contributed by atoms with Crippen LogP contribution in [0.4, 0.5) is 0 Å². The smallest absolute Gasteiger partial charge is 0.274 e. The molecule has 0 aliphatic carbocycles. The number of carbonyl (C=O) groups is 1. The second-order valence-corrected chi connectivity index (χ2v) is 6.38. The van der Waals surface area contributed by atoms with Crippen LogP contribution >= 0.6 is 11.7 Å². The van der Waals surface area contributed by atoms with Crippen LogP contribution in [0, 0.1) is 13.8 Å². The first kappa shape index (κ1) is 18.8. The molecule has 1 amide bonds. The molecule has 0 radical (unpaired) electrons. The third kappa shape index (κ3) is 4.05. The molecular formula is C17H20N6O3S. The van der Waals surface area contributed by atoms with Gasteiger partial charge < -0.3 is 14.8 Å². The minimum absolute atomic E-state index is 0.288. The maximum atomic E-state index is 12.5. The first-order valence-corrected chi connectivity index (χ1v) is 8.93. The van der Waals surface area contributed by atoms with Gasteiger partial charge >= 0.3 is 0 Å². The molecule has 0 saturated carbocycles. The van der Waals surface area contributed by atoms with Crippen molar-refractivity contribution in [1.29, 1.82) is 0 Å². The van der Waals surface area contributed by atoms with Crippen LogP contribution in [0.25, 0.3) is 0 Å². The molecule has 0 unspecified atom stereocenters. The fourth-order valence-electron chi connectivity index (χ4n) is 2.51. The second-order valence-electron chi connectivity index (χ2n) is 5.85. The van der Waals surface area contributed by atoms with Crippen molar-refractivity contribution in [2.75, 3.05) is 14.2 Å². The first-order chi connectivity index (χ1) is 13.0. The lowest BCUT2D eigenvalue weighted by atomic mass is 10.2. The molecule has 1 N–H and O–H groups in total. The Labute approximate surface area is 160 Å². The standard InChI is InChI=1S/C17H20N6O3S/c1-10-13(21-27-20-10)9-23-11(2)16(19-22-23)17(24)18-8-12-5-6-14(25-3)15(7-12)26-4/h5-7H,8-9H2,1-4H3,(H,18,24). The van der Waals surface area contributed by atoms with Gasteiger partial charge in [0.05, 0.1) is 49.6 Å². The average Bonchev–Trinajstić information content (AvgIpc) is 3.25. The molecule has 2 heterocycles. The highest BCUT2D eigenvalue weighted by Gasteiger charge is 2.18. The van der Waals surface area contributed by atoms with Gasteiger partial charge in [-0.2, -0.15) is 8.75 Å². The van der Waals surface area contributed by atoms with Crippen molar-refractivity contribution in [1.82, 2.24) is 29.1 Å². The summed E-state index contributed by atoms with van der Waals surface area (Å²) in [7, 11) is 3.15. The van der Waals surface area contributed by atoms with E-state index < -0.39 is 0 Å². The molecule has 9 nitrogen and oxygen atoms in total. The second kappa shape index (κ2) is 8.12. The zero-order valence-corrected chi connectivity index (χ0v) is 16.3. The number of ether oxygens (including phenoxy) is 2. The molecule has 0 atom stereocenters. The van der Waals surface area contributed by atoms with E-state index in [4.69, 9.17) is 9.47 Å². The summed E-state index contributed by atoms with van der Waals surface area (Å²) in [4.78, 5) is 12.5. The first-order valence-electron chi connectivity index (χ1n) is 8.20. The maximum Gasteiger partial charge on any atom is 0.274 e. The molecule has 3 rings (SSSR count). The van der Waals surface area contributed by atoms with Crippen LogP contribution in [0.5, 0.6) is 11.5 Å². The highest BCUT2D eigenvalue weighted by Crippen LogP contribution is 2.27. The van der Waals surface area contributed by atoms with Crippen LogP contribution in [0.15, 0.2) is 18.2 Å². The fraction of sp³-hybridized carbons (Fsp3) is 0.353. The van der Waals surface area contributed by atoms with E-state index >= 15 is 0 Å². The van der Waals surface area contributed by atoms with E-state index in [1.807, 2.05) is 19.1 Å².